The molecule has 1 aromatic heterocycles. The predicted molar refractivity (Wildman–Crippen MR) is 75.5 cm³/mol. The molecule has 7 heteroatoms. The molecule has 0 aliphatic carbocycles. The molecule has 2 atom stereocenters. The van der Waals surface area contributed by atoms with E-state index in [1.165, 1.54) is 0 Å². The van der Waals surface area contributed by atoms with Crippen molar-refractivity contribution in [2.75, 3.05) is 13.2 Å². The Kier molecular flexibility index (Phi) is 4.19. The molecule has 1 aliphatic rings. The monoisotopic (exact) mass is 311 g/mol. The molecule has 1 aliphatic heterocycles. The summed E-state index contributed by atoms with van der Waals surface area (Å²) in [5.74, 6) is 0.726. The van der Waals surface area contributed by atoms with Crippen molar-refractivity contribution in [1.82, 2.24) is 15.1 Å². The average molecular weight is 312 g/mol. The third-order valence-electron chi connectivity index (χ3n) is 3.60. The summed E-state index contributed by atoms with van der Waals surface area (Å²) in [7, 11) is 0. The van der Waals surface area contributed by atoms with Crippen LogP contribution in [0.2, 0.25) is 5.02 Å². The van der Waals surface area contributed by atoms with Crippen LogP contribution in [0.25, 0.3) is 11.5 Å². The number of halogens is 2. The number of nitrogens with zero attached hydrogens (tertiary/aromatic N) is 3. The molecule has 5 nitrogen and oxygen atoms in total. The summed E-state index contributed by atoms with van der Waals surface area (Å²) in [4.78, 5) is 1.81. The van der Waals surface area contributed by atoms with Gasteiger partial charge in [-0.3, -0.25) is 4.90 Å². The lowest BCUT2D eigenvalue weighted by Gasteiger charge is -2.19. The standard InChI is InChI=1S/C14H15ClFN3O2/c15-12-4-2-1-3-11(12)14-18-17-13(21-14)7-19-6-9(16)5-10(19)8-20/h1-4,9-10,20H,5-8H2/t9-,10-/m0/s1. The molecule has 1 N–H and O–H groups in total. The van der Waals surface area contributed by atoms with Crippen molar-refractivity contribution in [3.05, 3.63) is 35.2 Å². The molecule has 1 aromatic carbocycles. The summed E-state index contributed by atoms with van der Waals surface area (Å²) in [6, 6.07) is 7.00. The van der Waals surface area contributed by atoms with Crippen LogP contribution < -0.4 is 0 Å². The number of benzene rings is 1. The summed E-state index contributed by atoms with van der Waals surface area (Å²) in [5, 5.41) is 17.7. The first-order valence-electron chi connectivity index (χ1n) is 6.73. The molecule has 3 rings (SSSR count). The fourth-order valence-corrected chi connectivity index (χ4v) is 2.76. The topological polar surface area (TPSA) is 62.4 Å². The normalized spacial score (nSPS) is 22.8. The highest BCUT2D eigenvalue weighted by molar-refractivity contribution is 6.33. The van der Waals surface area contributed by atoms with Crippen LogP contribution in [0.1, 0.15) is 12.3 Å². The molecule has 1 fully saturated rings. The smallest absolute Gasteiger partial charge is 0.249 e. The first-order valence-corrected chi connectivity index (χ1v) is 7.11. The first kappa shape index (κ1) is 14.4. The van der Waals surface area contributed by atoms with E-state index in [1.54, 1.807) is 12.1 Å². The van der Waals surface area contributed by atoms with Crippen molar-refractivity contribution in [1.29, 1.82) is 0 Å². The highest BCUT2D eigenvalue weighted by atomic mass is 35.5. The van der Waals surface area contributed by atoms with Crippen molar-refractivity contribution in [2.45, 2.75) is 25.2 Å². The van der Waals surface area contributed by atoms with E-state index < -0.39 is 6.17 Å². The molecule has 21 heavy (non-hydrogen) atoms. The van der Waals surface area contributed by atoms with Crippen molar-refractivity contribution >= 4 is 11.6 Å². The van der Waals surface area contributed by atoms with E-state index in [-0.39, 0.29) is 19.2 Å². The highest BCUT2D eigenvalue weighted by Crippen LogP contribution is 2.27. The molecular weight excluding hydrogens is 297 g/mol. The van der Waals surface area contributed by atoms with Gasteiger partial charge in [-0.25, -0.2) is 4.39 Å². The second-order valence-corrected chi connectivity index (χ2v) is 5.49. The van der Waals surface area contributed by atoms with Gasteiger partial charge in [0.05, 0.1) is 23.7 Å². The molecule has 2 heterocycles. The summed E-state index contributed by atoms with van der Waals surface area (Å²) < 4.78 is 19.0. The van der Waals surface area contributed by atoms with E-state index in [4.69, 9.17) is 16.0 Å². The Labute approximate surface area is 126 Å². The third kappa shape index (κ3) is 3.07. The van der Waals surface area contributed by atoms with Crippen LogP contribution in [0, 0.1) is 0 Å². The lowest BCUT2D eigenvalue weighted by molar-refractivity contribution is 0.144. The molecule has 0 bridgehead atoms. The first-order chi connectivity index (χ1) is 10.2. The van der Waals surface area contributed by atoms with Crippen molar-refractivity contribution in [3.63, 3.8) is 0 Å². The third-order valence-corrected chi connectivity index (χ3v) is 3.93. The summed E-state index contributed by atoms with van der Waals surface area (Å²) >= 11 is 6.08. The lowest BCUT2D eigenvalue weighted by atomic mass is 10.2. The van der Waals surface area contributed by atoms with Crippen LogP contribution in [-0.4, -0.2) is 45.6 Å². The predicted octanol–water partition coefficient (Wildman–Crippen LogP) is 2.29. The van der Waals surface area contributed by atoms with Crippen LogP contribution >= 0.6 is 11.6 Å². The summed E-state index contributed by atoms with van der Waals surface area (Å²) in [5.41, 5.74) is 0.668. The molecule has 2 aromatic rings. The molecule has 0 unspecified atom stereocenters. The average Bonchev–Trinajstić information content (AvgIpc) is 3.06. The van der Waals surface area contributed by atoms with Crippen molar-refractivity contribution < 1.29 is 13.9 Å². The molecule has 0 saturated carbocycles. The minimum atomic E-state index is -0.923. The van der Waals surface area contributed by atoms with Crippen LogP contribution in [-0.2, 0) is 6.54 Å². The quantitative estimate of drug-likeness (QED) is 0.938. The maximum Gasteiger partial charge on any atom is 0.249 e. The number of likely N-dealkylation sites (tertiary alicyclic amines) is 1. The zero-order valence-corrected chi connectivity index (χ0v) is 12.0. The number of rotatable bonds is 4. The van der Waals surface area contributed by atoms with Crippen molar-refractivity contribution in [2.24, 2.45) is 0 Å². The number of aliphatic hydroxyl groups excluding tert-OH is 1. The molecule has 0 spiro atoms. The fourth-order valence-electron chi connectivity index (χ4n) is 2.54. The Morgan fingerprint density at radius 1 is 1.38 bits per heavy atom. The van der Waals surface area contributed by atoms with Gasteiger partial charge in [0.15, 0.2) is 0 Å². The van der Waals surface area contributed by atoms with E-state index in [2.05, 4.69) is 10.2 Å². The maximum absolute atomic E-state index is 13.4. The Hall–Kier alpha value is -1.50. The van der Waals surface area contributed by atoms with Crippen molar-refractivity contribution in [3.8, 4) is 11.5 Å². The molecule has 112 valence electrons. The van der Waals surface area contributed by atoms with Gasteiger partial charge in [0.25, 0.3) is 0 Å². The Morgan fingerprint density at radius 3 is 2.95 bits per heavy atom. The molecule has 1 saturated heterocycles. The SMILES string of the molecule is OC[C@@H]1C[C@H](F)CN1Cc1nnc(-c2ccccc2Cl)o1. The van der Waals surface area contributed by atoms with Gasteiger partial charge in [-0.2, -0.15) is 0 Å². The molecular formula is C14H15ClFN3O2. The number of aliphatic hydroxyl groups is 1. The highest BCUT2D eigenvalue weighted by Gasteiger charge is 2.32. The van der Waals surface area contributed by atoms with Gasteiger partial charge in [-0.05, 0) is 18.6 Å². The largest absolute Gasteiger partial charge is 0.419 e. The Morgan fingerprint density at radius 2 is 2.19 bits per heavy atom. The minimum Gasteiger partial charge on any atom is -0.419 e. The van der Waals surface area contributed by atoms with Gasteiger partial charge >= 0.3 is 0 Å². The summed E-state index contributed by atoms with van der Waals surface area (Å²) in [6.45, 7) is 0.518. The lowest BCUT2D eigenvalue weighted by Crippen LogP contribution is -2.31. The second kappa shape index (κ2) is 6.09. The maximum atomic E-state index is 13.4. The Balaban J connectivity index is 1.75. The number of aromatic nitrogens is 2. The molecule has 0 amide bonds. The number of hydrogen-bond donors (Lipinski definition) is 1. The Bertz CT molecular complexity index is 622. The molecule has 0 radical (unpaired) electrons. The van der Waals surface area contributed by atoms with E-state index in [9.17, 15) is 9.50 Å². The minimum absolute atomic E-state index is 0.0775. The fraction of sp³-hybridized carbons (Fsp3) is 0.429. The van der Waals surface area contributed by atoms with E-state index in [0.29, 0.717) is 35.3 Å². The second-order valence-electron chi connectivity index (χ2n) is 5.08. The van der Waals surface area contributed by atoms with Gasteiger partial charge in [0.2, 0.25) is 11.8 Å². The van der Waals surface area contributed by atoms with Gasteiger partial charge in [0.1, 0.15) is 6.17 Å². The van der Waals surface area contributed by atoms with Gasteiger partial charge in [0, 0.05) is 12.6 Å². The van der Waals surface area contributed by atoms with Crippen LogP contribution in [0.3, 0.4) is 0 Å². The number of hydrogen-bond acceptors (Lipinski definition) is 5. The summed E-state index contributed by atoms with van der Waals surface area (Å²) in [6.07, 6.45) is -0.588. The van der Waals surface area contributed by atoms with Crippen LogP contribution in [0.4, 0.5) is 4.39 Å². The zero-order chi connectivity index (χ0) is 14.8. The number of alkyl halides is 1. The van der Waals surface area contributed by atoms with E-state index >= 15 is 0 Å². The van der Waals surface area contributed by atoms with Crippen LogP contribution in [0.5, 0.6) is 0 Å². The zero-order valence-electron chi connectivity index (χ0n) is 11.2. The van der Waals surface area contributed by atoms with Gasteiger partial charge in [-0.1, -0.05) is 23.7 Å². The van der Waals surface area contributed by atoms with E-state index in [0.717, 1.165) is 0 Å². The van der Waals surface area contributed by atoms with Gasteiger partial charge < -0.3 is 9.52 Å². The van der Waals surface area contributed by atoms with Gasteiger partial charge in [-0.15, -0.1) is 10.2 Å². The van der Waals surface area contributed by atoms with Crippen LogP contribution in [0.15, 0.2) is 28.7 Å². The van der Waals surface area contributed by atoms with E-state index in [1.807, 2.05) is 17.0 Å².